The lowest BCUT2D eigenvalue weighted by Crippen LogP contribution is -2.66. The van der Waals surface area contributed by atoms with E-state index in [1.807, 2.05) is 13.8 Å². The van der Waals surface area contributed by atoms with Crippen molar-refractivity contribution in [1.29, 1.82) is 0 Å². The van der Waals surface area contributed by atoms with Crippen LogP contribution in [0.2, 0.25) is 0 Å². The summed E-state index contributed by atoms with van der Waals surface area (Å²) >= 11 is 0. The lowest BCUT2D eigenvalue weighted by Gasteiger charge is -2.41. The Morgan fingerprint density at radius 1 is 0.906 bits per heavy atom. The molecule has 4 atom stereocenters. The van der Waals surface area contributed by atoms with Crippen molar-refractivity contribution in [2.45, 2.75) is 128 Å². The van der Waals surface area contributed by atoms with Gasteiger partial charge in [-0.2, -0.15) is 0 Å². The van der Waals surface area contributed by atoms with Crippen LogP contribution in [0, 0.1) is 5.92 Å². The van der Waals surface area contributed by atoms with Gasteiger partial charge in [-0.3, -0.25) is 4.52 Å². The van der Waals surface area contributed by atoms with Crippen LogP contribution in [0.1, 0.15) is 105 Å². The molecule has 0 aromatic rings. The normalized spacial score (nSPS) is 18.3. The summed E-state index contributed by atoms with van der Waals surface area (Å²) in [7, 11) is -4.88. The Hall–Kier alpha value is -0.0900. The topological polar surface area (TPSA) is 168 Å². The molecule has 10 heteroatoms. The van der Waals surface area contributed by atoms with Gasteiger partial charge in [-0.15, -0.1) is 0 Å². The summed E-state index contributed by atoms with van der Waals surface area (Å²) in [4.78, 5) is 10.2. The number of nitrogens with two attached hydrogens (primary N) is 2. The van der Waals surface area contributed by atoms with Crippen molar-refractivity contribution in [2.75, 3.05) is 6.54 Å². The SMILES string of the molecule is CCCCCCCCCCCCCC(OP(=O)(O)OC(O)(C(N)CN)C(C)(O)O)C(C)C. The number of hydrogen-bond acceptors (Lipinski definition) is 8. The highest BCUT2D eigenvalue weighted by molar-refractivity contribution is 7.47. The van der Waals surface area contributed by atoms with Crippen LogP contribution < -0.4 is 11.5 Å². The molecule has 0 radical (unpaired) electrons. The predicted molar refractivity (Wildman–Crippen MR) is 127 cm³/mol. The molecule has 0 heterocycles. The van der Waals surface area contributed by atoms with Crippen molar-refractivity contribution in [3.8, 4) is 0 Å². The van der Waals surface area contributed by atoms with Crippen LogP contribution in [0.25, 0.3) is 0 Å². The minimum absolute atomic E-state index is 0.0897. The summed E-state index contributed by atoms with van der Waals surface area (Å²) in [5.41, 5.74) is 11.0. The highest BCUT2D eigenvalue weighted by Crippen LogP contribution is 2.51. The predicted octanol–water partition coefficient (Wildman–Crippen LogP) is 3.52. The summed E-state index contributed by atoms with van der Waals surface area (Å²) in [5, 5.41) is 30.1. The molecule has 8 N–H and O–H groups in total. The maximum atomic E-state index is 12.5. The largest absolute Gasteiger partial charge is 0.475 e. The average Bonchev–Trinajstić information content (AvgIpc) is 2.68. The molecule has 9 nitrogen and oxygen atoms in total. The Labute approximate surface area is 194 Å². The van der Waals surface area contributed by atoms with E-state index in [-0.39, 0.29) is 5.92 Å². The molecule has 0 rings (SSSR count). The van der Waals surface area contributed by atoms with Gasteiger partial charge in [0.25, 0.3) is 0 Å². The molecule has 0 aliphatic carbocycles. The van der Waals surface area contributed by atoms with Gasteiger partial charge >= 0.3 is 7.82 Å². The van der Waals surface area contributed by atoms with Gasteiger partial charge in [-0.05, 0) is 19.3 Å². The third-order valence-corrected chi connectivity index (χ3v) is 6.84. The van der Waals surface area contributed by atoms with Gasteiger partial charge in [0.15, 0.2) is 0 Å². The Kier molecular flexibility index (Phi) is 15.7. The van der Waals surface area contributed by atoms with Crippen molar-refractivity contribution in [3.05, 3.63) is 0 Å². The fraction of sp³-hybridized carbons (Fsp3) is 1.00. The number of aliphatic hydroxyl groups is 3. The molecule has 194 valence electrons. The van der Waals surface area contributed by atoms with E-state index >= 15 is 0 Å². The molecule has 0 aromatic heterocycles. The molecule has 0 bridgehead atoms. The first-order valence-corrected chi connectivity index (χ1v) is 13.6. The van der Waals surface area contributed by atoms with E-state index in [2.05, 4.69) is 6.92 Å². The molecular formula is C22H49N2O7P. The molecule has 32 heavy (non-hydrogen) atoms. The van der Waals surface area contributed by atoms with Gasteiger partial charge in [-0.1, -0.05) is 91.4 Å². The Balaban J connectivity index is 4.51. The first kappa shape index (κ1) is 31.9. The standard InChI is InChI=1S/C22H49N2O7P/c1-5-6-7-8-9-10-11-12-13-14-15-16-19(18(2)3)30-32(28,29)31-22(27,20(24)17-23)21(4,25)26/h18-20,25-27H,5-17,23-24H2,1-4H3,(H,28,29). The van der Waals surface area contributed by atoms with Gasteiger partial charge in [0.1, 0.15) is 0 Å². The quantitative estimate of drug-likeness (QED) is 0.0860. The van der Waals surface area contributed by atoms with E-state index in [0.29, 0.717) is 6.42 Å². The number of phosphoric acid groups is 1. The van der Waals surface area contributed by atoms with Crippen molar-refractivity contribution < 1.29 is 33.8 Å². The lowest BCUT2D eigenvalue weighted by atomic mass is 10.00. The fourth-order valence-electron chi connectivity index (χ4n) is 3.55. The van der Waals surface area contributed by atoms with Crippen LogP contribution in [0.15, 0.2) is 0 Å². The smallest absolute Gasteiger partial charge is 0.362 e. The van der Waals surface area contributed by atoms with Gasteiger partial charge in [0.2, 0.25) is 11.6 Å². The second-order valence-corrected chi connectivity index (χ2v) is 10.7. The van der Waals surface area contributed by atoms with Crippen LogP contribution in [-0.4, -0.2) is 50.5 Å². The lowest BCUT2D eigenvalue weighted by molar-refractivity contribution is -0.346. The zero-order valence-corrected chi connectivity index (χ0v) is 21.4. The van der Waals surface area contributed by atoms with Crippen LogP contribution in [-0.2, 0) is 13.6 Å². The maximum Gasteiger partial charge on any atom is 0.475 e. The molecular weight excluding hydrogens is 435 g/mol. The van der Waals surface area contributed by atoms with E-state index < -0.39 is 38.1 Å². The molecule has 0 aromatic carbocycles. The van der Waals surface area contributed by atoms with Crippen LogP contribution in [0.4, 0.5) is 0 Å². The van der Waals surface area contributed by atoms with E-state index in [1.165, 1.54) is 51.4 Å². The second kappa shape index (κ2) is 15.7. The zero-order valence-electron chi connectivity index (χ0n) is 20.5. The van der Waals surface area contributed by atoms with Crippen molar-refractivity contribution in [3.63, 3.8) is 0 Å². The summed E-state index contributed by atoms with van der Waals surface area (Å²) in [5.74, 6) is -6.01. The van der Waals surface area contributed by atoms with Crippen molar-refractivity contribution in [2.24, 2.45) is 17.4 Å². The summed E-state index contributed by atoms with van der Waals surface area (Å²) in [6.07, 6.45) is 13.1. The maximum absolute atomic E-state index is 12.5. The summed E-state index contributed by atoms with van der Waals surface area (Å²) < 4.78 is 22.6. The molecule has 0 spiro atoms. The highest BCUT2D eigenvalue weighted by Gasteiger charge is 2.55. The van der Waals surface area contributed by atoms with Crippen LogP contribution in [0.3, 0.4) is 0 Å². The minimum atomic E-state index is -4.88. The second-order valence-electron chi connectivity index (χ2n) is 9.33. The first-order valence-electron chi connectivity index (χ1n) is 12.2. The third kappa shape index (κ3) is 12.4. The molecule has 4 unspecified atom stereocenters. The number of phosphoric ester groups is 1. The van der Waals surface area contributed by atoms with Gasteiger partial charge in [0.05, 0.1) is 12.1 Å². The Bertz CT molecular complexity index is 531. The van der Waals surface area contributed by atoms with Crippen LogP contribution >= 0.6 is 7.82 Å². The molecule has 0 amide bonds. The monoisotopic (exact) mass is 484 g/mol. The molecule has 0 aliphatic heterocycles. The van der Waals surface area contributed by atoms with Crippen molar-refractivity contribution >= 4 is 7.82 Å². The molecule has 0 aliphatic rings. The first-order chi connectivity index (χ1) is 14.8. The van der Waals surface area contributed by atoms with Gasteiger partial charge in [0, 0.05) is 6.54 Å². The van der Waals surface area contributed by atoms with Gasteiger partial charge < -0.3 is 31.7 Å². The molecule has 0 saturated heterocycles. The Morgan fingerprint density at radius 3 is 1.72 bits per heavy atom. The van der Waals surface area contributed by atoms with Gasteiger partial charge in [-0.25, -0.2) is 9.09 Å². The minimum Gasteiger partial charge on any atom is -0.362 e. The van der Waals surface area contributed by atoms with E-state index in [1.54, 1.807) is 0 Å². The fourth-order valence-corrected chi connectivity index (χ4v) is 4.95. The Morgan fingerprint density at radius 2 is 1.34 bits per heavy atom. The zero-order chi connectivity index (χ0) is 24.8. The summed E-state index contributed by atoms with van der Waals surface area (Å²) in [6, 6.07) is -1.53. The third-order valence-electron chi connectivity index (χ3n) is 5.79. The highest BCUT2D eigenvalue weighted by atomic mass is 31.2. The molecule has 0 saturated carbocycles. The number of hydrogen-bond donors (Lipinski definition) is 6. The van der Waals surface area contributed by atoms with Crippen molar-refractivity contribution in [1.82, 2.24) is 0 Å². The average molecular weight is 485 g/mol. The van der Waals surface area contributed by atoms with Crippen LogP contribution in [0.5, 0.6) is 0 Å². The van der Waals surface area contributed by atoms with E-state index in [4.69, 9.17) is 20.5 Å². The van der Waals surface area contributed by atoms with E-state index in [0.717, 1.165) is 26.2 Å². The molecule has 0 fully saturated rings. The van der Waals surface area contributed by atoms with E-state index in [9.17, 15) is 24.8 Å². The summed E-state index contributed by atoms with van der Waals surface area (Å²) in [6.45, 7) is 6.29. The number of rotatable bonds is 20. The number of unbranched alkanes of at least 4 members (excludes halogenated alkanes) is 10.